The van der Waals surface area contributed by atoms with Gasteiger partial charge in [0.25, 0.3) is 0 Å². The minimum Gasteiger partial charge on any atom is -0.149 e. The highest BCUT2D eigenvalue weighted by Gasteiger charge is 1.97. The fourth-order valence-corrected chi connectivity index (χ4v) is 1.68. The molecule has 0 saturated carbocycles. The predicted octanol–water partition coefficient (Wildman–Crippen LogP) is 3.11. The number of hydrogen-bond acceptors (Lipinski definition) is 1. The lowest BCUT2D eigenvalue weighted by molar-refractivity contribution is 0.735. The maximum absolute atomic E-state index is 3.75. The second kappa shape index (κ2) is 3.57. The van der Waals surface area contributed by atoms with Gasteiger partial charge in [-0.05, 0) is 23.8 Å². The molecule has 54 valence electrons. The van der Waals surface area contributed by atoms with Crippen LogP contribution in [-0.4, -0.2) is 0 Å². The molecule has 0 spiro atoms. The minimum absolute atomic E-state index is 0.610. The molecule has 0 bridgehead atoms. The standard InChI is InChI=1S/C9H12S/c1-3-8(2)7-9-5-4-6-10-9/h3-6,8H,1,7H2,2H3. The lowest BCUT2D eigenvalue weighted by atomic mass is 10.1. The fourth-order valence-electron chi connectivity index (χ4n) is 0.829. The van der Waals surface area contributed by atoms with E-state index in [4.69, 9.17) is 0 Å². The summed E-state index contributed by atoms with van der Waals surface area (Å²) >= 11 is 1.82. The summed E-state index contributed by atoms with van der Waals surface area (Å²) in [6.45, 7) is 5.93. The monoisotopic (exact) mass is 152 g/mol. The van der Waals surface area contributed by atoms with Crippen LogP contribution in [-0.2, 0) is 6.42 Å². The van der Waals surface area contributed by atoms with E-state index >= 15 is 0 Å². The Morgan fingerprint density at radius 2 is 2.60 bits per heavy atom. The summed E-state index contributed by atoms with van der Waals surface area (Å²) in [4.78, 5) is 1.45. The van der Waals surface area contributed by atoms with Crippen LogP contribution in [0.3, 0.4) is 0 Å². The first-order chi connectivity index (χ1) is 4.83. The first-order valence-corrected chi connectivity index (χ1v) is 4.36. The van der Waals surface area contributed by atoms with Crippen LogP contribution in [0.4, 0.5) is 0 Å². The maximum atomic E-state index is 3.75. The van der Waals surface area contributed by atoms with Crippen LogP contribution in [0.2, 0.25) is 0 Å². The zero-order chi connectivity index (χ0) is 7.40. The van der Waals surface area contributed by atoms with Gasteiger partial charge in [-0.2, -0.15) is 0 Å². The molecule has 0 aliphatic carbocycles. The molecular weight excluding hydrogens is 140 g/mol. The summed E-state index contributed by atoms with van der Waals surface area (Å²) in [5.41, 5.74) is 0. The van der Waals surface area contributed by atoms with E-state index in [2.05, 4.69) is 31.0 Å². The summed E-state index contributed by atoms with van der Waals surface area (Å²) < 4.78 is 0. The molecule has 1 rings (SSSR count). The van der Waals surface area contributed by atoms with E-state index in [0.717, 1.165) is 6.42 Å². The Bertz CT molecular complexity index is 187. The Kier molecular flexibility index (Phi) is 2.69. The Morgan fingerprint density at radius 3 is 3.10 bits per heavy atom. The smallest absolute Gasteiger partial charge is 0.00509 e. The van der Waals surface area contributed by atoms with Crippen LogP contribution in [0.1, 0.15) is 11.8 Å². The van der Waals surface area contributed by atoms with Crippen LogP contribution >= 0.6 is 11.3 Å². The van der Waals surface area contributed by atoms with Gasteiger partial charge >= 0.3 is 0 Å². The number of allylic oxidation sites excluding steroid dienone is 1. The summed E-state index contributed by atoms with van der Waals surface area (Å²) in [5.74, 6) is 0.610. The largest absolute Gasteiger partial charge is 0.149 e. The molecule has 0 aliphatic rings. The lowest BCUT2D eigenvalue weighted by Crippen LogP contribution is -1.91. The van der Waals surface area contributed by atoms with Crippen molar-refractivity contribution in [2.45, 2.75) is 13.3 Å². The van der Waals surface area contributed by atoms with Gasteiger partial charge in [0.15, 0.2) is 0 Å². The average molecular weight is 152 g/mol. The van der Waals surface area contributed by atoms with Crippen molar-refractivity contribution in [3.05, 3.63) is 35.0 Å². The van der Waals surface area contributed by atoms with E-state index in [-0.39, 0.29) is 0 Å². The molecule has 1 heterocycles. The van der Waals surface area contributed by atoms with Gasteiger partial charge in [0.1, 0.15) is 0 Å². The average Bonchev–Trinajstić information content (AvgIpc) is 2.40. The molecule has 0 aliphatic heterocycles. The van der Waals surface area contributed by atoms with E-state index in [1.165, 1.54) is 4.88 Å². The molecule has 1 heteroatoms. The highest BCUT2D eigenvalue weighted by Crippen LogP contribution is 2.14. The van der Waals surface area contributed by atoms with Crippen molar-refractivity contribution < 1.29 is 0 Å². The Balaban J connectivity index is 2.47. The van der Waals surface area contributed by atoms with Crippen LogP contribution in [0, 0.1) is 5.92 Å². The first kappa shape index (κ1) is 7.55. The molecule has 1 aromatic rings. The fraction of sp³-hybridized carbons (Fsp3) is 0.333. The van der Waals surface area contributed by atoms with Gasteiger partial charge in [-0.25, -0.2) is 0 Å². The third kappa shape index (κ3) is 1.99. The van der Waals surface area contributed by atoms with Crippen molar-refractivity contribution in [3.8, 4) is 0 Å². The third-order valence-corrected chi connectivity index (χ3v) is 2.40. The van der Waals surface area contributed by atoms with Gasteiger partial charge in [-0.1, -0.05) is 19.1 Å². The summed E-state index contributed by atoms with van der Waals surface area (Å²) in [7, 11) is 0. The van der Waals surface area contributed by atoms with Gasteiger partial charge in [0, 0.05) is 4.88 Å². The molecule has 0 N–H and O–H groups in total. The molecule has 0 aromatic carbocycles. The van der Waals surface area contributed by atoms with Crippen LogP contribution in [0.5, 0.6) is 0 Å². The van der Waals surface area contributed by atoms with Crippen LogP contribution < -0.4 is 0 Å². The summed E-state index contributed by atoms with van der Waals surface area (Å²) in [6, 6.07) is 4.26. The number of hydrogen-bond donors (Lipinski definition) is 0. The van der Waals surface area contributed by atoms with Crippen molar-refractivity contribution in [1.82, 2.24) is 0 Å². The summed E-state index contributed by atoms with van der Waals surface area (Å²) in [6.07, 6.45) is 3.14. The minimum atomic E-state index is 0.610. The first-order valence-electron chi connectivity index (χ1n) is 3.48. The van der Waals surface area contributed by atoms with Crippen molar-refractivity contribution in [2.75, 3.05) is 0 Å². The quantitative estimate of drug-likeness (QED) is 0.584. The van der Waals surface area contributed by atoms with Gasteiger partial charge in [0.2, 0.25) is 0 Å². The second-order valence-corrected chi connectivity index (χ2v) is 3.53. The summed E-state index contributed by atoms with van der Waals surface area (Å²) in [5, 5.41) is 2.12. The van der Waals surface area contributed by atoms with Crippen molar-refractivity contribution in [2.24, 2.45) is 5.92 Å². The third-order valence-electron chi connectivity index (χ3n) is 1.51. The predicted molar refractivity (Wildman–Crippen MR) is 47.4 cm³/mol. The molecule has 0 amide bonds. The zero-order valence-corrected chi connectivity index (χ0v) is 7.03. The van der Waals surface area contributed by atoms with Crippen molar-refractivity contribution in [3.63, 3.8) is 0 Å². The molecule has 1 unspecified atom stereocenters. The van der Waals surface area contributed by atoms with Gasteiger partial charge in [-0.15, -0.1) is 17.9 Å². The SMILES string of the molecule is C=CC(C)Cc1cccs1. The van der Waals surface area contributed by atoms with E-state index in [1.54, 1.807) is 0 Å². The van der Waals surface area contributed by atoms with E-state index in [1.807, 2.05) is 17.4 Å². The Morgan fingerprint density at radius 1 is 1.80 bits per heavy atom. The van der Waals surface area contributed by atoms with Crippen molar-refractivity contribution >= 4 is 11.3 Å². The van der Waals surface area contributed by atoms with Crippen molar-refractivity contribution in [1.29, 1.82) is 0 Å². The van der Waals surface area contributed by atoms with Crippen LogP contribution in [0.25, 0.3) is 0 Å². The van der Waals surface area contributed by atoms with E-state index in [9.17, 15) is 0 Å². The van der Waals surface area contributed by atoms with E-state index < -0.39 is 0 Å². The molecule has 0 nitrogen and oxygen atoms in total. The molecule has 1 aromatic heterocycles. The van der Waals surface area contributed by atoms with E-state index in [0.29, 0.717) is 5.92 Å². The molecular formula is C9H12S. The lowest BCUT2D eigenvalue weighted by Gasteiger charge is -2.00. The molecule has 0 fully saturated rings. The maximum Gasteiger partial charge on any atom is 0.00509 e. The zero-order valence-electron chi connectivity index (χ0n) is 6.21. The Hall–Kier alpha value is -0.560. The number of thiophene rings is 1. The Labute approximate surface area is 66.2 Å². The number of rotatable bonds is 3. The molecule has 0 radical (unpaired) electrons. The van der Waals surface area contributed by atoms with Gasteiger partial charge < -0.3 is 0 Å². The molecule has 0 saturated heterocycles. The highest BCUT2D eigenvalue weighted by atomic mass is 32.1. The van der Waals surface area contributed by atoms with Gasteiger partial charge in [0.05, 0.1) is 0 Å². The van der Waals surface area contributed by atoms with Gasteiger partial charge in [-0.3, -0.25) is 0 Å². The molecule has 10 heavy (non-hydrogen) atoms. The normalized spacial score (nSPS) is 12.9. The highest BCUT2D eigenvalue weighted by molar-refractivity contribution is 7.09. The topological polar surface area (TPSA) is 0 Å². The second-order valence-electron chi connectivity index (χ2n) is 2.50. The molecule has 1 atom stereocenters. The van der Waals surface area contributed by atoms with Crippen LogP contribution in [0.15, 0.2) is 30.2 Å².